The third-order valence-corrected chi connectivity index (χ3v) is 7.98. The Hall–Kier alpha value is -1.32. The number of rotatable bonds is 1. The van der Waals surface area contributed by atoms with E-state index in [4.69, 9.17) is 0 Å². The number of carbonyl (C=O) groups excluding carboxylic acids is 1. The predicted octanol–water partition coefficient (Wildman–Crippen LogP) is 2.98. The number of carbonyl (C=O) groups is 2. The minimum atomic E-state index is -0.599. The highest BCUT2D eigenvalue weighted by Gasteiger charge is 2.60. The first-order valence-corrected chi connectivity index (χ1v) is 9.09. The smallest absolute Gasteiger partial charge is 0.307 e. The fraction of sp³-hybridized carbons (Fsp3) is 0.789. The molecule has 7 atom stereocenters. The minimum Gasteiger partial charge on any atom is -0.481 e. The molecule has 1 heterocycles. The molecule has 0 aromatic heterocycles. The van der Waals surface area contributed by atoms with Crippen molar-refractivity contribution in [3.05, 3.63) is 12.2 Å². The highest BCUT2D eigenvalue weighted by molar-refractivity contribution is 5.89. The lowest BCUT2D eigenvalue weighted by Crippen LogP contribution is -2.59. The van der Waals surface area contributed by atoms with E-state index in [1.807, 2.05) is 0 Å². The number of carboxylic acids is 1. The third kappa shape index (κ3) is 1.96. The van der Waals surface area contributed by atoms with E-state index in [0.29, 0.717) is 17.8 Å². The van der Waals surface area contributed by atoms with Crippen LogP contribution in [0.4, 0.5) is 0 Å². The molecule has 4 aliphatic rings. The van der Waals surface area contributed by atoms with Crippen LogP contribution in [0.25, 0.3) is 0 Å². The SMILES string of the molecule is C[C@]12CC[C@H]3[C@H](CCC4NC(=O)C=C[C@@]43C)[C@@H]1CC[C@@H]2C(=O)O. The average molecular weight is 317 g/mol. The van der Waals surface area contributed by atoms with Crippen LogP contribution in [0.2, 0.25) is 0 Å². The van der Waals surface area contributed by atoms with Gasteiger partial charge in [-0.3, -0.25) is 9.59 Å². The van der Waals surface area contributed by atoms with Gasteiger partial charge in [-0.1, -0.05) is 19.9 Å². The van der Waals surface area contributed by atoms with Crippen LogP contribution in [0.3, 0.4) is 0 Å². The Kier molecular flexibility index (Phi) is 3.20. The Labute approximate surface area is 137 Å². The molecule has 4 rings (SSSR count). The number of hydrogen-bond acceptors (Lipinski definition) is 2. The van der Waals surface area contributed by atoms with E-state index in [1.54, 1.807) is 6.08 Å². The number of nitrogens with one attached hydrogen (secondary N) is 1. The molecule has 2 N–H and O–H groups in total. The maximum Gasteiger partial charge on any atom is 0.307 e. The molecule has 0 bridgehead atoms. The Bertz CT molecular complexity index is 585. The van der Waals surface area contributed by atoms with E-state index in [-0.39, 0.29) is 28.7 Å². The van der Waals surface area contributed by atoms with E-state index in [1.165, 1.54) is 0 Å². The van der Waals surface area contributed by atoms with Gasteiger partial charge in [-0.15, -0.1) is 0 Å². The summed E-state index contributed by atoms with van der Waals surface area (Å²) in [5.41, 5.74) is 0.0112. The Balaban J connectivity index is 1.66. The lowest BCUT2D eigenvalue weighted by atomic mass is 9.48. The molecule has 0 radical (unpaired) electrons. The first-order chi connectivity index (χ1) is 10.9. The van der Waals surface area contributed by atoms with E-state index in [9.17, 15) is 14.7 Å². The summed E-state index contributed by atoms with van der Waals surface area (Å²) in [6, 6.07) is 0.252. The topological polar surface area (TPSA) is 66.4 Å². The number of carboxylic acid groups (broad SMARTS) is 1. The summed E-state index contributed by atoms with van der Waals surface area (Å²) in [4.78, 5) is 23.4. The van der Waals surface area contributed by atoms with Gasteiger partial charge in [0.2, 0.25) is 5.91 Å². The van der Waals surface area contributed by atoms with E-state index in [0.717, 1.165) is 38.5 Å². The predicted molar refractivity (Wildman–Crippen MR) is 86.6 cm³/mol. The third-order valence-electron chi connectivity index (χ3n) is 7.98. The molecule has 23 heavy (non-hydrogen) atoms. The van der Waals surface area contributed by atoms with E-state index in [2.05, 4.69) is 25.2 Å². The summed E-state index contributed by atoms with van der Waals surface area (Å²) in [6.07, 6.45) is 10.0. The second kappa shape index (κ2) is 4.84. The monoisotopic (exact) mass is 317 g/mol. The van der Waals surface area contributed by atoms with Crippen LogP contribution < -0.4 is 5.32 Å². The first kappa shape index (κ1) is 15.2. The molecular formula is C19H27NO3. The quantitative estimate of drug-likeness (QED) is 0.781. The largest absolute Gasteiger partial charge is 0.481 e. The summed E-state index contributed by atoms with van der Waals surface area (Å²) < 4.78 is 0. The number of hydrogen-bond donors (Lipinski definition) is 2. The van der Waals surface area contributed by atoms with Crippen molar-refractivity contribution in [3.8, 4) is 0 Å². The molecule has 3 fully saturated rings. The van der Waals surface area contributed by atoms with Crippen molar-refractivity contribution in [1.29, 1.82) is 0 Å². The molecule has 4 nitrogen and oxygen atoms in total. The Morgan fingerprint density at radius 1 is 1.17 bits per heavy atom. The Morgan fingerprint density at radius 3 is 2.70 bits per heavy atom. The van der Waals surface area contributed by atoms with Crippen LogP contribution >= 0.6 is 0 Å². The Morgan fingerprint density at radius 2 is 1.96 bits per heavy atom. The average Bonchev–Trinajstić information content (AvgIpc) is 2.85. The highest BCUT2D eigenvalue weighted by atomic mass is 16.4. The van der Waals surface area contributed by atoms with Crippen LogP contribution in [0.1, 0.15) is 52.4 Å². The summed E-state index contributed by atoms with van der Waals surface area (Å²) in [7, 11) is 0. The van der Waals surface area contributed by atoms with Gasteiger partial charge in [-0.2, -0.15) is 0 Å². The molecule has 0 aromatic carbocycles. The molecule has 1 aliphatic heterocycles. The van der Waals surface area contributed by atoms with E-state index >= 15 is 0 Å². The number of amides is 1. The van der Waals surface area contributed by atoms with Crippen LogP contribution in [-0.4, -0.2) is 23.0 Å². The van der Waals surface area contributed by atoms with Gasteiger partial charge in [-0.05, 0) is 67.8 Å². The van der Waals surface area contributed by atoms with Crippen molar-refractivity contribution in [2.75, 3.05) is 0 Å². The van der Waals surface area contributed by atoms with E-state index < -0.39 is 5.97 Å². The van der Waals surface area contributed by atoms with Crippen molar-refractivity contribution in [3.63, 3.8) is 0 Å². The molecule has 0 aromatic rings. The van der Waals surface area contributed by atoms with Gasteiger partial charge >= 0.3 is 5.97 Å². The summed E-state index contributed by atoms with van der Waals surface area (Å²) in [5.74, 6) is 0.992. The van der Waals surface area contributed by atoms with Crippen LogP contribution in [-0.2, 0) is 9.59 Å². The number of fused-ring (bicyclic) bond motifs is 5. The molecule has 1 amide bonds. The molecule has 126 valence electrons. The van der Waals surface area contributed by atoms with Gasteiger partial charge in [0.15, 0.2) is 0 Å². The normalized spacial score (nSPS) is 51.4. The second-order valence-electron chi connectivity index (χ2n) is 8.73. The molecule has 3 saturated carbocycles. The molecule has 0 spiro atoms. The summed E-state index contributed by atoms with van der Waals surface area (Å²) in [5, 5.41) is 12.8. The molecule has 3 aliphatic carbocycles. The molecule has 0 saturated heterocycles. The van der Waals surface area contributed by atoms with Crippen molar-refractivity contribution < 1.29 is 14.7 Å². The van der Waals surface area contributed by atoms with Gasteiger partial charge in [0.1, 0.15) is 0 Å². The fourth-order valence-corrected chi connectivity index (χ4v) is 6.74. The maximum atomic E-state index is 11.7. The zero-order chi connectivity index (χ0) is 16.4. The maximum absolute atomic E-state index is 11.7. The van der Waals surface area contributed by atoms with Crippen molar-refractivity contribution >= 4 is 11.9 Å². The molecule has 4 heteroatoms. The van der Waals surface area contributed by atoms with Gasteiger partial charge < -0.3 is 10.4 Å². The fourth-order valence-electron chi connectivity index (χ4n) is 6.74. The lowest BCUT2D eigenvalue weighted by Gasteiger charge is -2.58. The van der Waals surface area contributed by atoms with Gasteiger partial charge in [0.05, 0.1) is 5.92 Å². The van der Waals surface area contributed by atoms with Gasteiger partial charge in [0, 0.05) is 11.5 Å². The lowest BCUT2D eigenvalue weighted by molar-refractivity contribution is -0.150. The number of aliphatic carboxylic acids is 1. The van der Waals surface area contributed by atoms with Crippen molar-refractivity contribution in [1.82, 2.24) is 5.32 Å². The van der Waals surface area contributed by atoms with Gasteiger partial charge in [-0.25, -0.2) is 0 Å². The highest BCUT2D eigenvalue weighted by Crippen LogP contribution is 2.64. The summed E-state index contributed by atoms with van der Waals surface area (Å²) >= 11 is 0. The second-order valence-corrected chi connectivity index (χ2v) is 8.73. The van der Waals surface area contributed by atoms with Crippen molar-refractivity contribution in [2.24, 2.45) is 34.5 Å². The first-order valence-electron chi connectivity index (χ1n) is 9.09. The van der Waals surface area contributed by atoms with Crippen LogP contribution in [0, 0.1) is 34.5 Å². The van der Waals surface area contributed by atoms with Gasteiger partial charge in [0.25, 0.3) is 0 Å². The molecule has 1 unspecified atom stereocenters. The summed E-state index contributed by atoms with van der Waals surface area (Å²) in [6.45, 7) is 4.53. The van der Waals surface area contributed by atoms with Crippen LogP contribution in [0.15, 0.2) is 12.2 Å². The molecular weight excluding hydrogens is 290 g/mol. The standard InChI is InChI=1S/C19H27NO3/c1-18-9-7-13-11(12(18)4-5-14(18)17(22)23)3-6-15-19(13,2)10-8-16(21)20-15/h8,10-15H,3-7,9H2,1-2H3,(H,20,21)(H,22,23)/t11-,12+,13+,14-,15?,18+,19-/m1/s1. The van der Waals surface area contributed by atoms with Crippen LogP contribution in [0.5, 0.6) is 0 Å². The van der Waals surface area contributed by atoms with Crippen molar-refractivity contribution in [2.45, 2.75) is 58.4 Å². The minimum absolute atomic E-state index is 0.0299. The zero-order valence-corrected chi connectivity index (χ0v) is 14.0. The zero-order valence-electron chi connectivity index (χ0n) is 14.0.